The number of hydrogen-bond donors (Lipinski definition) is 0. The molecule has 0 N–H and O–H groups in total. The van der Waals surface area contributed by atoms with Gasteiger partial charge in [0.25, 0.3) is 0 Å². The van der Waals surface area contributed by atoms with E-state index in [-0.39, 0.29) is 74.6 Å². The second kappa shape index (κ2) is 4.82. The van der Waals surface area contributed by atoms with Gasteiger partial charge in [0, 0.05) is 0 Å². The Balaban J connectivity index is 0.000000640. The van der Waals surface area contributed by atoms with Gasteiger partial charge in [-0.3, -0.25) is 0 Å². The number of benzene rings is 1. The van der Waals surface area contributed by atoms with Gasteiger partial charge in [0.1, 0.15) is 0 Å². The maximum Gasteiger partial charge on any atom is 1.00 e. The van der Waals surface area contributed by atoms with E-state index in [0.29, 0.717) is 0 Å². The third kappa shape index (κ3) is 3.70. The van der Waals surface area contributed by atoms with Crippen LogP contribution in [0.25, 0.3) is 0 Å². The molecule has 0 spiro atoms. The van der Waals surface area contributed by atoms with Gasteiger partial charge in [-0.15, -0.1) is 5.75 Å². The molecular formula is C7H7CsO. The zero-order chi connectivity index (χ0) is 5.98. The third-order valence-corrected chi connectivity index (χ3v) is 1.02. The SMILES string of the molecule is Cc1ccc([O-])cc1.[Cs+]. The van der Waals surface area contributed by atoms with Crippen LogP contribution in [0.4, 0.5) is 0 Å². The van der Waals surface area contributed by atoms with Crippen LogP contribution < -0.4 is 74.0 Å². The van der Waals surface area contributed by atoms with Gasteiger partial charge < -0.3 is 5.11 Å². The summed E-state index contributed by atoms with van der Waals surface area (Å²) >= 11 is 0. The summed E-state index contributed by atoms with van der Waals surface area (Å²) in [7, 11) is 0. The van der Waals surface area contributed by atoms with E-state index >= 15 is 0 Å². The molecule has 42 valence electrons. The quantitative estimate of drug-likeness (QED) is 0.518. The van der Waals surface area contributed by atoms with Gasteiger partial charge in [-0.2, -0.15) is 0 Å². The Morgan fingerprint density at radius 2 is 1.56 bits per heavy atom. The van der Waals surface area contributed by atoms with Crippen LogP contribution in [-0.2, 0) is 0 Å². The Kier molecular flexibility index (Phi) is 5.40. The molecule has 1 aromatic rings. The molecule has 0 aromatic heterocycles. The molecule has 0 bridgehead atoms. The van der Waals surface area contributed by atoms with E-state index in [1.54, 1.807) is 12.1 Å². The van der Waals surface area contributed by atoms with Crippen LogP contribution in [0, 0.1) is 6.92 Å². The van der Waals surface area contributed by atoms with E-state index in [1.807, 2.05) is 19.1 Å². The molecule has 0 unspecified atom stereocenters. The van der Waals surface area contributed by atoms with Gasteiger partial charge in [-0.1, -0.05) is 29.8 Å². The molecule has 9 heavy (non-hydrogen) atoms. The van der Waals surface area contributed by atoms with E-state index in [2.05, 4.69) is 0 Å². The monoisotopic (exact) mass is 240 g/mol. The summed E-state index contributed by atoms with van der Waals surface area (Å²) < 4.78 is 0. The molecule has 0 aliphatic rings. The molecule has 0 saturated carbocycles. The summed E-state index contributed by atoms with van der Waals surface area (Å²) in [5.74, 6) is 0.0793. The predicted octanol–water partition coefficient (Wildman–Crippen LogP) is -1.93. The topological polar surface area (TPSA) is 23.1 Å². The molecule has 1 aromatic carbocycles. The standard InChI is InChI=1S/C7H8O.Cs/c1-6-2-4-7(8)5-3-6;/h2-5,8H,1H3;/q;+1/p-1. The van der Waals surface area contributed by atoms with Crippen LogP contribution in [0.2, 0.25) is 0 Å². The molecule has 0 aliphatic carbocycles. The second-order valence-electron chi connectivity index (χ2n) is 1.81. The molecule has 1 rings (SSSR count). The first-order valence-electron chi connectivity index (χ1n) is 2.53. The van der Waals surface area contributed by atoms with Crippen molar-refractivity contribution in [3.63, 3.8) is 0 Å². The fourth-order valence-electron chi connectivity index (χ4n) is 0.538. The van der Waals surface area contributed by atoms with Crippen molar-refractivity contribution in [2.75, 3.05) is 0 Å². The zero-order valence-corrected chi connectivity index (χ0v) is 12.0. The number of hydrogen-bond acceptors (Lipinski definition) is 1. The van der Waals surface area contributed by atoms with Crippen LogP contribution in [0.3, 0.4) is 0 Å². The normalized spacial score (nSPS) is 8.11. The molecule has 0 radical (unpaired) electrons. The van der Waals surface area contributed by atoms with E-state index in [1.165, 1.54) is 0 Å². The summed E-state index contributed by atoms with van der Waals surface area (Å²) in [4.78, 5) is 0. The summed E-state index contributed by atoms with van der Waals surface area (Å²) in [5.41, 5.74) is 1.13. The Bertz CT molecular complexity index is 148. The van der Waals surface area contributed by atoms with Crippen molar-refractivity contribution < 1.29 is 74.0 Å². The summed E-state index contributed by atoms with van der Waals surface area (Å²) in [6, 6.07) is 6.75. The fourth-order valence-corrected chi connectivity index (χ4v) is 0.538. The minimum atomic E-state index is 0. The molecule has 0 heterocycles. The largest absolute Gasteiger partial charge is 1.00 e. The molecule has 1 nitrogen and oxygen atoms in total. The van der Waals surface area contributed by atoms with Crippen molar-refractivity contribution in [3.8, 4) is 5.75 Å². The van der Waals surface area contributed by atoms with Crippen LogP contribution in [0.5, 0.6) is 5.75 Å². The molecule has 0 atom stereocenters. The van der Waals surface area contributed by atoms with E-state index in [9.17, 15) is 5.11 Å². The molecule has 0 fully saturated rings. The van der Waals surface area contributed by atoms with Gasteiger partial charge in [0.2, 0.25) is 0 Å². The van der Waals surface area contributed by atoms with Crippen molar-refractivity contribution >= 4 is 0 Å². The Hall–Kier alpha value is 1.07. The zero-order valence-electron chi connectivity index (χ0n) is 5.72. The van der Waals surface area contributed by atoms with Gasteiger partial charge in [0.05, 0.1) is 0 Å². The predicted molar refractivity (Wildman–Crippen MR) is 30.6 cm³/mol. The first kappa shape index (κ1) is 10.1. The Labute approximate surface area is 114 Å². The van der Waals surface area contributed by atoms with Crippen LogP contribution in [-0.4, -0.2) is 0 Å². The van der Waals surface area contributed by atoms with Crippen molar-refractivity contribution in [1.82, 2.24) is 0 Å². The Morgan fingerprint density at radius 1 is 1.11 bits per heavy atom. The second-order valence-corrected chi connectivity index (χ2v) is 1.81. The fraction of sp³-hybridized carbons (Fsp3) is 0.143. The van der Waals surface area contributed by atoms with Crippen LogP contribution in [0.15, 0.2) is 24.3 Å². The van der Waals surface area contributed by atoms with E-state index in [4.69, 9.17) is 0 Å². The van der Waals surface area contributed by atoms with Gasteiger partial charge in [-0.25, -0.2) is 0 Å². The van der Waals surface area contributed by atoms with Crippen LogP contribution in [0.1, 0.15) is 5.56 Å². The van der Waals surface area contributed by atoms with Crippen LogP contribution >= 0.6 is 0 Å². The van der Waals surface area contributed by atoms with Crippen molar-refractivity contribution in [2.24, 2.45) is 0 Å². The average molecular weight is 240 g/mol. The molecule has 0 saturated heterocycles. The molecule has 2 heteroatoms. The minimum Gasteiger partial charge on any atom is -0.872 e. The summed E-state index contributed by atoms with van der Waals surface area (Å²) in [5, 5.41) is 10.4. The third-order valence-electron chi connectivity index (χ3n) is 1.02. The average Bonchev–Trinajstić information content (AvgIpc) is 1.77. The molecule has 0 aliphatic heterocycles. The number of aryl methyl sites for hydroxylation is 1. The van der Waals surface area contributed by atoms with Gasteiger partial charge in [0.15, 0.2) is 0 Å². The minimum absolute atomic E-state index is 0. The molecule has 0 amide bonds. The maximum absolute atomic E-state index is 10.4. The van der Waals surface area contributed by atoms with Crippen molar-refractivity contribution in [2.45, 2.75) is 6.92 Å². The van der Waals surface area contributed by atoms with Crippen molar-refractivity contribution in [1.29, 1.82) is 0 Å². The van der Waals surface area contributed by atoms with Gasteiger partial charge in [-0.05, 0) is 6.92 Å². The first-order valence-corrected chi connectivity index (χ1v) is 2.53. The molecular weight excluding hydrogens is 233 g/mol. The van der Waals surface area contributed by atoms with Crippen molar-refractivity contribution in [3.05, 3.63) is 29.8 Å². The Morgan fingerprint density at radius 3 is 1.89 bits per heavy atom. The van der Waals surface area contributed by atoms with E-state index < -0.39 is 0 Å². The summed E-state index contributed by atoms with van der Waals surface area (Å²) in [6.07, 6.45) is 0. The maximum atomic E-state index is 10.4. The number of rotatable bonds is 0. The first-order chi connectivity index (χ1) is 3.79. The summed E-state index contributed by atoms with van der Waals surface area (Å²) in [6.45, 7) is 1.96. The smallest absolute Gasteiger partial charge is 0.872 e. The van der Waals surface area contributed by atoms with E-state index in [0.717, 1.165) is 5.56 Å². The van der Waals surface area contributed by atoms with Gasteiger partial charge >= 0.3 is 68.9 Å².